The normalized spacial score (nSPS) is 17.8. The van der Waals surface area contributed by atoms with E-state index < -0.39 is 4.92 Å². The molecule has 0 unspecified atom stereocenters. The van der Waals surface area contributed by atoms with Gasteiger partial charge in [0, 0.05) is 11.8 Å². The van der Waals surface area contributed by atoms with Crippen LogP contribution in [0.3, 0.4) is 0 Å². The van der Waals surface area contributed by atoms with Gasteiger partial charge in [-0.15, -0.1) is 11.8 Å². The summed E-state index contributed by atoms with van der Waals surface area (Å²) in [4.78, 5) is 24.8. The van der Waals surface area contributed by atoms with Gasteiger partial charge in [-0.3, -0.25) is 19.8 Å². The van der Waals surface area contributed by atoms with Crippen LogP contribution < -0.4 is 4.90 Å². The van der Waals surface area contributed by atoms with Crippen molar-refractivity contribution in [2.24, 2.45) is 0 Å². The van der Waals surface area contributed by atoms with Crippen molar-refractivity contribution in [1.82, 2.24) is 0 Å². The van der Waals surface area contributed by atoms with Gasteiger partial charge in [-0.1, -0.05) is 24.3 Å². The number of para-hydroxylation sites is 1. The fourth-order valence-corrected chi connectivity index (χ4v) is 3.78. The van der Waals surface area contributed by atoms with Crippen molar-refractivity contribution in [2.75, 3.05) is 10.7 Å². The quantitative estimate of drug-likeness (QED) is 0.640. The highest BCUT2D eigenvalue weighted by Crippen LogP contribution is 2.44. The molecule has 2 aromatic carbocycles. The molecule has 0 saturated carbocycles. The Hall–Kier alpha value is -2.34. The number of nitro benzene ring substituents is 1. The van der Waals surface area contributed by atoms with Crippen LogP contribution in [0.15, 0.2) is 48.5 Å². The van der Waals surface area contributed by atoms with Crippen LogP contribution in [0.25, 0.3) is 0 Å². The Morgan fingerprint density at radius 3 is 2.73 bits per heavy atom. The molecule has 1 atom stereocenters. The van der Waals surface area contributed by atoms with Crippen LogP contribution >= 0.6 is 11.8 Å². The molecule has 0 aromatic heterocycles. The molecular weight excluding hydrogens is 300 g/mol. The number of nitrogens with zero attached hydrogens (tertiary/aromatic N) is 2. The van der Waals surface area contributed by atoms with Gasteiger partial charge in [0.2, 0.25) is 5.91 Å². The number of anilines is 1. The monoisotopic (exact) mass is 314 g/mol. The average molecular weight is 314 g/mol. The number of benzene rings is 2. The maximum Gasteiger partial charge on any atom is 0.275 e. The predicted octanol–water partition coefficient (Wildman–Crippen LogP) is 3.68. The van der Waals surface area contributed by atoms with Gasteiger partial charge in [-0.25, -0.2) is 0 Å². The molecule has 2 aromatic rings. The van der Waals surface area contributed by atoms with Crippen LogP contribution in [0.2, 0.25) is 0 Å². The van der Waals surface area contributed by atoms with Crippen LogP contribution in [0, 0.1) is 17.0 Å². The van der Waals surface area contributed by atoms with E-state index in [1.165, 1.54) is 17.8 Å². The summed E-state index contributed by atoms with van der Waals surface area (Å²) in [6.07, 6.45) is 0. The van der Waals surface area contributed by atoms with E-state index in [2.05, 4.69) is 0 Å². The number of amides is 1. The third kappa shape index (κ3) is 2.57. The molecule has 1 amide bonds. The SMILES string of the molecule is Cc1cccc(N2C(=O)CS[C@@H]2c2ccccc2[N+](=O)[O-])c1. The maximum absolute atomic E-state index is 12.3. The number of rotatable bonds is 3. The third-order valence-electron chi connectivity index (χ3n) is 3.55. The molecule has 112 valence electrons. The van der Waals surface area contributed by atoms with Crippen molar-refractivity contribution in [3.8, 4) is 0 Å². The molecule has 1 aliphatic rings. The Morgan fingerprint density at radius 2 is 2.00 bits per heavy atom. The number of nitro groups is 1. The molecule has 6 heteroatoms. The summed E-state index contributed by atoms with van der Waals surface area (Å²) in [6, 6.07) is 14.2. The Morgan fingerprint density at radius 1 is 1.23 bits per heavy atom. The number of hydrogen-bond donors (Lipinski definition) is 0. The molecule has 3 rings (SSSR count). The van der Waals surface area contributed by atoms with Gasteiger partial charge in [0.1, 0.15) is 5.37 Å². The number of thioether (sulfide) groups is 1. The topological polar surface area (TPSA) is 63.5 Å². The minimum absolute atomic E-state index is 0.0289. The summed E-state index contributed by atoms with van der Waals surface area (Å²) in [7, 11) is 0. The lowest BCUT2D eigenvalue weighted by Gasteiger charge is -2.24. The molecule has 1 aliphatic heterocycles. The summed E-state index contributed by atoms with van der Waals surface area (Å²) >= 11 is 1.42. The van der Waals surface area contributed by atoms with Crippen LogP contribution in [-0.2, 0) is 4.79 Å². The van der Waals surface area contributed by atoms with Crippen molar-refractivity contribution in [1.29, 1.82) is 0 Å². The van der Waals surface area contributed by atoms with E-state index in [1.54, 1.807) is 23.1 Å². The summed E-state index contributed by atoms with van der Waals surface area (Å²) in [5.74, 6) is 0.295. The Balaban J connectivity index is 2.07. The van der Waals surface area contributed by atoms with E-state index in [0.717, 1.165) is 11.3 Å². The first-order valence-electron chi connectivity index (χ1n) is 6.81. The van der Waals surface area contributed by atoms with E-state index >= 15 is 0 Å². The molecule has 1 fully saturated rings. The van der Waals surface area contributed by atoms with E-state index in [1.807, 2.05) is 31.2 Å². The maximum atomic E-state index is 12.3. The van der Waals surface area contributed by atoms with Crippen molar-refractivity contribution in [3.63, 3.8) is 0 Å². The zero-order chi connectivity index (χ0) is 15.7. The number of carbonyl (C=O) groups is 1. The van der Waals surface area contributed by atoms with Gasteiger partial charge in [0.15, 0.2) is 0 Å². The first-order chi connectivity index (χ1) is 10.6. The lowest BCUT2D eigenvalue weighted by Crippen LogP contribution is -2.28. The zero-order valence-electron chi connectivity index (χ0n) is 11.9. The highest BCUT2D eigenvalue weighted by molar-refractivity contribution is 8.00. The van der Waals surface area contributed by atoms with Crippen LogP contribution in [0.5, 0.6) is 0 Å². The van der Waals surface area contributed by atoms with Gasteiger partial charge in [0.05, 0.1) is 16.2 Å². The summed E-state index contributed by atoms with van der Waals surface area (Å²) < 4.78 is 0. The smallest absolute Gasteiger partial charge is 0.275 e. The highest BCUT2D eigenvalue weighted by Gasteiger charge is 2.37. The molecule has 0 N–H and O–H groups in total. The lowest BCUT2D eigenvalue weighted by molar-refractivity contribution is -0.385. The van der Waals surface area contributed by atoms with Gasteiger partial charge in [0.25, 0.3) is 5.69 Å². The van der Waals surface area contributed by atoms with Gasteiger partial charge >= 0.3 is 0 Å². The first-order valence-corrected chi connectivity index (χ1v) is 7.86. The molecule has 0 bridgehead atoms. The predicted molar refractivity (Wildman–Crippen MR) is 87.0 cm³/mol. The summed E-state index contributed by atoms with van der Waals surface area (Å²) in [5, 5.41) is 10.9. The molecule has 5 nitrogen and oxygen atoms in total. The number of hydrogen-bond acceptors (Lipinski definition) is 4. The second kappa shape index (κ2) is 5.81. The highest BCUT2D eigenvalue weighted by atomic mass is 32.2. The molecule has 0 spiro atoms. The van der Waals surface area contributed by atoms with Crippen LogP contribution in [-0.4, -0.2) is 16.6 Å². The first kappa shape index (κ1) is 14.6. The van der Waals surface area contributed by atoms with E-state index in [9.17, 15) is 14.9 Å². The standard InChI is InChI=1S/C16H14N2O3S/c1-11-5-4-6-12(9-11)17-15(19)10-22-16(17)13-7-2-3-8-14(13)18(20)21/h2-9,16H,10H2,1H3/t16-/m1/s1. The second-order valence-electron chi connectivity index (χ2n) is 5.08. The summed E-state index contributed by atoms with van der Waals surface area (Å²) in [5.41, 5.74) is 2.43. The largest absolute Gasteiger partial charge is 0.295 e. The minimum Gasteiger partial charge on any atom is -0.295 e. The molecule has 22 heavy (non-hydrogen) atoms. The van der Waals surface area contributed by atoms with Gasteiger partial charge < -0.3 is 0 Å². The van der Waals surface area contributed by atoms with E-state index in [-0.39, 0.29) is 17.0 Å². The number of aryl methyl sites for hydroxylation is 1. The van der Waals surface area contributed by atoms with Crippen LogP contribution in [0.4, 0.5) is 11.4 Å². The van der Waals surface area contributed by atoms with Crippen molar-refractivity contribution < 1.29 is 9.72 Å². The van der Waals surface area contributed by atoms with E-state index in [4.69, 9.17) is 0 Å². The van der Waals surface area contributed by atoms with Crippen LogP contribution in [0.1, 0.15) is 16.5 Å². The Bertz CT molecular complexity index is 748. The molecule has 1 saturated heterocycles. The van der Waals surface area contributed by atoms with E-state index in [0.29, 0.717) is 11.3 Å². The third-order valence-corrected chi connectivity index (χ3v) is 4.74. The van der Waals surface area contributed by atoms with Gasteiger partial charge in [-0.2, -0.15) is 0 Å². The molecule has 0 aliphatic carbocycles. The fourth-order valence-electron chi connectivity index (χ4n) is 2.57. The fraction of sp³-hybridized carbons (Fsp3) is 0.188. The van der Waals surface area contributed by atoms with Crippen molar-refractivity contribution >= 4 is 29.0 Å². The number of carbonyl (C=O) groups excluding carboxylic acids is 1. The van der Waals surface area contributed by atoms with Crippen molar-refractivity contribution in [2.45, 2.75) is 12.3 Å². The van der Waals surface area contributed by atoms with Gasteiger partial charge in [-0.05, 0) is 30.7 Å². The Labute approximate surface area is 132 Å². The van der Waals surface area contributed by atoms with Crippen molar-refractivity contribution in [3.05, 3.63) is 69.8 Å². The summed E-state index contributed by atoms with van der Waals surface area (Å²) in [6.45, 7) is 1.96. The molecule has 0 radical (unpaired) electrons. The Kier molecular flexibility index (Phi) is 3.85. The minimum atomic E-state index is -0.396. The lowest BCUT2D eigenvalue weighted by atomic mass is 10.1. The zero-order valence-corrected chi connectivity index (χ0v) is 12.7. The molecular formula is C16H14N2O3S. The molecule has 1 heterocycles. The second-order valence-corrected chi connectivity index (χ2v) is 6.15. The average Bonchev–Trinajstić information content (AvgIpc) is 2.89.